The fourth-order valence-corrected chi connectivity index (χ4v) is 3.93. The molecular formula is C19H23N3O5S2. The second kappa shape index (κ2) is 9.79. The molecule has 156 valence electrons. The Morgan fingerprint density at radius 2 is 1.66 bits per heavy atom. The molecule has 0 saturated heterocycles. The van der Waals surface area contributed by atoms with E-state index >= 15 is 0 Å². The van der Waals surface area contributed by atoms with Crippen LogP contribution in [0.4, 0.5) is 0 Å². The molecule has 0 fully saturated rings. The lowest BCUT2D eigenvalue weighted by atomic mass is 10.1. The molecule has 2 rings (SSSR count). The molecule has 8 nitrogen and oxygen atoms in total. The summed E-state index contributed by atoms with van der Waals surface area (Å²) in [6.45, 7) is 1.71. The summed E-state index contributed by atoms with van der Waals surface area (Å²) in [7, 11) is -7.53. The minimum atomic E-state index is -3.78. The van der Waals surface area contributed by atoms with Crippen molar-refractivity contribution in [2.24, 2.45) is 5.14 Å². The van der Waals surface area contributed by atoms with Gasteiger partial charge in [0.15, 0.2) is 0 Å². The number of hydrogen-bond donors (Lipinski definition) is 3. The normalized spacial score (nSPS) is 13.3. The summed E-state index contributed by atoms with van der Waals surface area (Å²) >= 11 is 0. The maximum atomic E-state index is 12.1. The predicted octanol–water partition coefficient (Wildman–Crippen LogP) is 0.972. The van der Waals surface area contributed by atoms with E-state index in [4.69, 9.17) is 5.14 Å². The highest BCUT2D eigenvalue weighted by molar-refractivity contribution is 7.92. The first-order valence-electron chi connectivity index (χ1n) is 8.72. The molecule has 1 amide bonds. The fourth-order valence-electron chi connectivity index (χ4n) is 2.40. The van der Waals surface area contributed by atoms with Crippen LogP contribution < -0.4 is 15.2 Å². The number of carbonyl (C=O) groups is 1. The first-order valence-corrected chi connectivity index (χ1v) is 11.8. The average molecular weight is 438 g/mol. The molecule has 0 bridgehead atoms. The number of nitrogens with two attached hydrogens (primary N) is 1. The van der Waals surface area contributed by atoms with Crippen molar-refractivity contribution in [3.05, 3.63) is 71.1 Å². The molecular weight excluding hydrogens is 414 g/mol. The SMILES string of the molecule is C[C@@H](NS(=O)(=O)/C=C/c1ccccc1)C(=O)NCCc1ccc(S(N)(=O)=O)cc1. The van der Waals surface area contributed by atoms with E-state index in [2.05, 4.69) is 10.0 Å². The summed E-state index contributed by atoms with van der Waals surface area (Å²) in [4.78, 5) is 12.1. The Kier molecular flexibility index (Phi) is 7.68. The Morgan fingerprint density at radius 1 is 1.03 bits per heavy atom. The number of sulfonamides is 2. The number of rotatable bonds is 9. The van der Waals surface area contributed by atoms with Crippen LogP contribution in [0, 0.1) is 0 Å². The van der Waals surface area contributed by atoms with Crippen LogP contribution in [0.2, 0.25) is 0 Å². The number of nitrogens with one attached hydrogen (secondary N) is 2. The Bertz CT molecular complexity index is 1060. The van der Waals surface area contributed by atoms with E-state index in [1.54, 1.807) is 36.4 Å². The van der Waals surface area contributed by atoms with Gasteiger partial charge in [-0.1, -0.05) is 42.5 Å². The average Bonchev–Trinajstić information content (AvgIpc) is 2.66. The van der Waals surface area contributed by atoms with Crippen LogP contribution in [0.5, 0.6) is 0 Å². The molecule has 4 N–H and O–H groups in total. The summed E-state index contributed by atoms with van der Waals surface area (Å²) in [6, 6.07) is 14.0. The Balaban J connectivity index is 1.83. The van der Waals surface area contributed by atoms with Gasteiger partial charge in [-0.25, -0.2) is 22.0 Å². The van der Waals surface area contributed by atoms with Gasteiger partial charge in [-0.2, -0.15) is 4.72 Å². The largest absolute Gasteiger partial charge is 0.354 e. The summed E-state index contributed by atoms with van der Waals surface area (Å²) < 4.78 is 48.9. The first kappa shape index (κ1) is 22.8. The standard InChI is InChI=1S/C19H23N3O5S2/c1-15(22-28(24,25)14-12-16-5-3-2-4-6-16)19(23)21-13-11-17-7-9-18(10-8-17)29(20,26)27/h2-10,12,14-15,22H,11,13H2,1H3,(H,21,23)(H2,20,26,27)/b14-12+/t15-/m1/s1. The van der Waals surface area contributed by atoms with Crippen molar-refractivity contribution in [1.82, 2.24) is 10.0 Å². The minimum Gasteiger partial charge on any atom is -0.354 e. The summed E-state index contributed by atoms with van der Waals surface area (Å²) in [6.07, 6.45) is 1.89. The van der Waals surface area contributed by atoms with Crippen molar-refractivity contribution in [2.75, 3.05) is 6.54 Å². The zero-order valence-corrected chi connectivity index (χ0v) is 17.4. The molecule has 0 aliphatic carbocycles. The van der Waals surface area contributed by atoms with Gasteiger partial charge in [0, 0.05) is 12.0 Å². The van der Waals surface area contributed by atoms with E-state index in [-0.39, 0.29) is 11.4 Å². The topological polar surface area (TPSA) is 135 Å². The predicted molar refractivity (Wildman–Crippen MR) is 112 cm³/mol. The number of carbonyl (C=O) groups excluding carboxylic acids is 1. The quantitative estimate of drug-likeness (QED) is 0.537. The lowest BCUT2D eigenvalue weighted by molar-refractivity contribution is -0.122. The number of hydrogen-bond acceptors (Lipinski definition) is 5. The van der Waals surface area contributed by atoms with Crippen LogP contribution >= 0.6 is 0 Å². The maximum absolute atomic E-state index is 12.1. The summed E-state index contributed by atoms with van der Waals surface area (Å²) in [5.41, 5.74) is 1.53. The van der Waals surface area contributed by atoms with E-state index in [0.29, 0.717) is 6.42 Å². The van der Waals surface area contributed by atoms with Crippen molar-refractivity contribution in [3.63, 3.8) is 0 Å². The third-order valence-electron chi connectivity index (χ3n) is 3.94. The monoisotopic (exact) mass is 437 g/mol. The fraction of sp³-hybridized carbons (Fsp3) is 0.211. The molecule has 0 aliphatic rings. The number of benzene rings is 2. The second-order valence-corrected chi connectivity index (χ2v) is 9.49. The lowest BCUT2D eigenvalue weighted by Crippen LogP contribution is -2.44. The Hall–Kier alpha value is -2.53. The lowest BCUT2D eigenvalue weighted by Gasteiger charge is -2.13. The van der Waals surface area contributed by atoms with Crippen molar-refractivity contribution >= 4 is 32.0 Å². The highest BCUT2D eigenvalue weighted by Crippen LogP contribution is 2.09. The molecule has 0 heterocycles. The van der Waals surface area contributed by atoms with Crippen LogP contribution in [0.15, 0.2) is 64.9 Å². The molecule has 0 unspecified atom stereocenters. The third kappa shape index (κ3) is 7.78. The number of primary sulfonamides is 1. The van der Waals surface area contributed by atoms with Gasteiger partial charge < -0.3 is 5.32 Å². The molecule has 0 spiro atoms. The summed E-state index contributed by atoms with van der Waals surface area (Å²) in [5.74, 6) is -0.470. The van der Waals surface area contributed by atoms with Crippen LogP contribution in [-0.4, -0.2) is 35.3 Å². The molecule has 1 atom stereocenters. The van der Waals surface area contributed by atoms with Crippen molar-refractivity contribution < 1.29 is 21.6 Å². The van der Waals surface area contributed by atoms with Gasteiger partial charge in [0.25, 0.3) is 0 Å². The maximum Gasteiger partial charge on any atom is 0.238 e. The minimum absolute atomic E-state index is 0.0110. The zero-order chi connectivity index (χ0) is 21.5. The van der Waals surface area contributed by atoms with Gasteiger partial charge >= 0.3 is 0 Å². The van der Waals surface area contributed by atoms with Crippen LogP contribution in [0.3, 0.4) is 0 Å². The van der Waals surface area contributed by atoms with E-state index in [1.165, 1.54) is 25.1 Å². The Morgan fingerprint density at radius 3 is 2.24 bits per heavy atom. The van der Waals surface area contributed by atoms with Gasteiger partial charge in [0.05, 0.1) is 10.9 Å². The van der Waals surface area contributed by atoms with Gasteiger partial charge in [-0.05, 0) is 42.7 Å². The second-order valence-electron chi connectivity index (χ2n) is 6.33. The smallest absolute Gasteiger partial charge is 0.238 e. The van der Waals surface area contributed by atoms with E-state index < -0.39 is 32.0 Å². The van der Waals surface area contributed by atoms with Gasteiger partial charge in [0.1, 0.15) is 0 Å². The van der Waals surface area contributed by atoms with Gasteiger partial charge in [-0.15, -0.1) is 0 Å². The molecule has 2 aromatic rings. The Labute approximate surface area is 170 Å². The van der Waals surface area contributed by atoms with Crippen molar-refractivity contribution in [3.8, 4) is 0 Å². The first-order chi connectivity index (χ1) is 13.6. The molecule has 0 aliphatic heterocycles. The van der Waals surface area contributed by atoms with Crippen LogP contribution in [0.25, 0.3) is 6.08 Å². The molecule has 29 heavy (non-hydrogen) atoms. The van der Waals surface area contributed by atoms with E-state index in [9.17, 15) is 21.6 Å². The summed E-state index contributed by atoms with van der Waals surface area (Å²) in [5, 5.41) is 8.69. The highest BCUT2D eigenvalue weighted by Gasteiger charge is 2.18. The van der Waals surface area contributed by atoms with Gasteiger partial charge in [0.2, 0.25) is 26.0 Å². The van der Waals surface area contributed by atoms with Crippen LogP contribution in [-0.2, 0) is 31.3 Å². The van der Waals surface area contributed by atoms with Crippen molar-refractivity contribution in [1.29, 1.82) is 0 Å². The molecule has 10 heteroatoms. The molecule has 0 saturated carbocycles. The third-order valence-corrected chi connectivity index (χ3v) is 6.04. The molecule has 2 aromatic carbocycles. The van der Waals surface area contributed by atoms with Crippen molar-refractivity contribution in [2.45, 2.75) is 24.3 Å². The van der Waals surface area contributed by atoms with Crippen LogP contribution in [0.1, 0.15) is 18.1 Å². The van der Waals surface area contributed by atoms with E-state index in [1.807, 2.05) is 6.07 Å². The van der Waals surface area contributed by atoms with Gasteiger partial charge in [-0.3, -0.25) is 4.79 Å². The van der Waals surface area contributed by atoms with E-state index in [0.717, 1.165) is 16.5 Å². The highest BCUT2D eigenvalue weighted by atomic mass is 32.2. The molecule has 0 aromatic heterocycles. The molecule has 0 radical (unpaired) electrons. The number of amides is 1. The zero-order valence-electron chi connectivity index (χ0n) is 15.8.